The van der Waals surface area contributed by atoms with Gasteiger partial charge in [-0.15, -0.1) is 0 Å². The topological polar surface area (TPSA) is 64.4 Å². The average Bonchev–Trinajstić information content (AvgIpc) is 3.64. The number of hydrogen-bond donors (Lipinski definition) is 1. The second-order valence-corrected chi connectivity index (χ2v) is 9.09. The third-order valence-corrected chi connectivity index (χ3v) is 6.92. The van der Waals surface area contributed by atoms with Gasteiger partial charge in [0.15, 0.2) is 0 Å². The van der Waals surface area contributed by atoms with Gasteiger partial charge in [0.05, 0.1) is 21.0 Å². The number of nitrogens with zero attached hydrogens (tertiary/aromatic N) is 1. The fourth-order valence-corrected chi connectivity index (χ4v) is 4.88. The van der Waals surface area contributed by atoms with Crippen LogP contribution < -0.4 is 10.1 Å². The molecule has 3 aromatic rings. The number of fused-ring (bicyclic) bond motifs is 2. The van der Waals surface area contributed by atoms with Gasteiger partial charge in [0.25, 0.3) is 0 Å². The average molecular weight is 441 g/mol. The van der Waals surface area contributed by atoms with Crippen molar-refractivity contribution in [3.05, 3.63) is 63.3 Å². The Morgan fingerprint density at radius 2 is 1.93 bits per heavy atom. The van der Waals surface area contributed by atoms with Gasteiger partial charge in [0.1, 0.15) is 23.8 Å². The summed E-state index contributed by atoms with van der Waals surface area (Å²) in [4.78, 5) is 12.3. The molecule has 1 aliphatic heterocycles. The first kappa shape index (κ1) is 18.3. The summed E-state index contributed by atoms with van der Waals surface area (Å²) in [5.41, 5.74) is 3.74. The molecule has 2 aromatic carbocycles. The lowest BCUT2D eigenvalue weighted by Gasteiger charge is -2.11. The zero-order valence-corrected chi connectivity index (χ0v) is 17.5. The van der Waals surface area contributed by atoms with E-state index >= 15 is 0 Å². The number of carbonyl (C=O) groups excluding carboxylic acids is 1. The quantitative estimate of drug-likeness (QED) is 0.521. The van der Waals surface area contributed by atoms with Crippen LogP contribution in [-0.4, -0.2) is 11.1 Å². The minimum absolute atomic E-state index is 0.0975. The Labute approximate surface area is 183 Å². The Bertz CT molecular complexity index is 1170. The third-order valence-electron chi connectivity index (χ3n) is 6.29. The molecule has 7 heteroatoms. The molecule has 2 fully saturated rings. The van der Waals surface area contributed by atoms with Gasteiger partial charge in [0, 0.05) is 17.2 Å². The van der Waals surface area contributed by atoms with E-state index in [0.29, 0.717) is 33.8 Å². The summed E-state index contributed by atoms with van der Waals surface area (Å²) >= 11 is 12.9. The number of amides is 1. The van der Waals surface area contributed by atoms with Crippen molar-refractivity contribution in [1.29, 1.82) is 0 Å². The first-order chi connectivity index (χ1) is 14.6. The van der Waals surface area contributed by atoms with Gasteiger partial charge < -0.3 is 14.6 Å². The summed E-state index contributed by atoms with van der Waals surface area (Å²) in [6.07, 6.45) is 3.93. The van der Waals surface area contributed by atoms with Crippen molar-refractivity contribution < 1.29 is 14.1 Å². The van der Waals surface area contributed by atoms with E-state index in [4.69, 9.17) is 32.5 Å². The van der Waals surface area contributed by atoms with Crippen LogP contribution in [-0.2, 0) is 16.8 Å². The number of aromatic nitrogens is 1. The standard InChI is InChI=1S/C23H18Cl2N2O3/c24-16-2-1-3-17(25)19(16)20-14(21(30-27-20)12-4-5-12)11-29-13-6-7-18-15(10-13)23(8-9-23)22(28)26-18/h1-3,6-7,10,12H,4-5,8-9,11H2,(H,26,28). The molecule has 6 rings (SSSR count). The largest absolute Gasteiger partial charge is 0.489 e. The molecule has 1 amide bonds. The molecular formula is C23H18Cl2N2O3. The van der Waals surface area contributed by atoms with E-state index in [2.05, 4.69) is 10.5 Å². The first-order valence-electron chi connectivity index (χ1n) is 10.1. The summed E-state index contributed by atoms with van der Waals surface area (Å²) in [6, 6.07) is 11.2. The van der Waals surface area contributed by atoms with Crippen molar-refractivity contribution in [1.82, 2.24) is 5.16 Å². The Morgan fingerprint density at radius 3 is 2.63 bits per heavy atom. The monoisotopic (exact) mass is 440 g/mol. The smallest absolute Gasteiger partial charge is 0.235 e. The third kappa shape index (κ3) is 2.76. The van der Waals surface area contributed by atoms with E-state index in [1.165, 1.54) is 0 Å². The summed E-state index contributed by atoms with van der Waals surface area (Å²) in [7, 11) is 0. The van der Waals surface area contributed by atoms with Crippen molar-refractivity contribution >= 4 is 34.8 Å². The molecule has 1 spiro atoms. The second-order valence-electron chi connectivity index (χ2n) is 8.28. The number of benzene rings is 2. The normalized spacial score (nSPS) is 18.4. The maximum absolute atomic E-state index is 12.3. The van der Waals surface area contributed by atoms with Crippen LogP contribution in [0.15, 0.2) is 40.9 Å². The molecular weight excluding hydrogens is 423 g/mol. The summed E-state index contributed by atoms with van der Waals surface area (Å²) in [5.74, 6) is 2.02. The van der Waals surface area contributed by atoms with Crippen LogP contribution in [0.5, 0.6) is 5.75 Å². The molecule has 1 N–H and O–H groups in total. The minimum atomic E-state index is -0.346. The van der Waals surface area contributed by atoms with Crippen LogP contribution in [0.4, 0.5) is 5.69 Å². The Morgan fingerprint density at radius 1 is 1.17 bits per heavy atom. The molecule has 0 radical (unpaired) electrons. The molecule has 30 heavy (non-hydrogen) atoms. The number of anilines is 1. The lowest BCUT2D eigenvalue weighted by molar-refractivity contribution is -0.117. The number of hydrogen-bond acceptors (Lipinski definition) is 4. The van der Waals surface area contributed by atoms with Crippen molar-refractivity contribution in [3.63, 3.8) is 0 Å². The summed E-state index contributed by atoms with van der Waals surface area (Å²) in [5, 5.41) is 8.33. The zero-order valence-electron chi connectivity index (χ0n) is 16.0. The molecule has 2 saturated carbocycles. The van der Waals surface area contributed by atoms with Gasteiger partial charge in [-0.25, -0.2) is 0 Å². The highest BCUT2D eigenvalue weighted by Gasteiger charge is 2.56. The van der Waals surface area contributed by atoms with Gasteiger partial charge in [-0.05, 0) is 61.6 Å². The fraction of sp³-hybridized carbons (Fsp3) is 0.304. The van der Waals surface area contributed by atoms with Gasteiger partial charge in [0.2, 0.25) is 5.91 Å². The number of halogens is 2. The van der Waals surface area contributed by atoms with Gasteiger partial charge in [-0.3, -0.25) is 4.79 Å². The molecule has 2 aliphatic carbocycles. The Balaban J connectivity index is 1.34. The molecule has 2 heterocycles. The lowest BCUT2D eigenvalue weighted by atomic mass is 9.98. The van der Waals surface area contributed by atoms with Crippen LogP contribution in [0.2, 0.25) is 10.0 Å². The number of ether oxygens (including phenoxy) is 1. The van der Waals surface area contributed by atoms with Gasteiger partial charge in [-0.1, -0.05) is 34.4 Å². The van der Waals surface area contributed by atoms with Gasteiger partial charge >= 0.3 is 0 Å². The highest BCUT2D eigenvalue weighted by molar-refractivity contribution is 6.39. The molecule has 3 aliphatic rings. The maximum Gasteiger partial charge on any atom is 0.235 e. The SMILES string of the molecule is O=C1Nc2ccc(OCc3c(-c4c(Cl)cccc4Cl)noc3C3CC3)cc2C12CC2. The number of carbonyl (C=O) groups is 1. The first-order valence-corrected chi connectivity index (χ1v) is 10.8. The highest BCUT2D eigenvalue weighted by Crippen LogP contribution is 2.55. The second kappa shape index (κ2) is 6.50. The van der Waals surface area contributed by atoms with E-state index in [1.54, 1.807) is 18.2 Å². The summed E-state index contributed by atoms with van der Waals surface area (Å²) < 4.78 is 11.9. The molecule has 152 valence electrons. The van der Waals surface area contributed by atoms with Crippen LogP contribution in [0.1, 0.15) is 48.5 Å². The fourth-order valence-electron chi connectivity index (χ4n) is 4.31. The van der Waals surface area contributed by atoms with Crippen molar-refractivity contribution in [2.75, 3.05) is 5.32 Å². The molecule has 0 saturated heterocycles. The molecule has 1 aromatic heterocycles. The Kier molecular flexibility index (Phi) is 3.96. The number of nitrogens with one attached hydrogen (secondary N) is 1. The van der Waals surface area contributed by atoms with Crippen LogP contribution >= 0.6 is 23.2 Å². The van der Waals surface area contributed by atoms with Crippen molar-refractivity contribution in [2.45, 2.75) is 43.6 Å². The van der Waals surface area contributed by atoms with Crippen molar-refractivity contribution in [3.8, 4) is 17.0 Å². The van der Waals surface area contributed by atoms with E-state index < -0.39 is 0 Å². The maximum atomic E-state index is 12.3. The van der Waals surface area contributed by atoms with Crippen LogP contribution in [0, 0.1) is 0 Å². The van der Waals surface area contributed by atoms with Gasteiger partial charge in [-0.2, -0.15) is 0 Å². The lowest BCUT2D eigenvalue weighted by Crippen LogP contribution is -2.18. The van der Waals surface area contributed by atoms with E-state index in [-0.39, 0.29) is 11.3 Å². The predicted octanol–water partition coefficient (Wildman–Crippen LogP) is 6.09. The minimum Gasteiger partial charge on any atom is -0.489 e. The van der Waals surface area contributed by atoms with Crippen molar-refractivity contribution in [2.24, 2.45) is 0 Å². The highest BCUT2D eigenvalue weighted by atomic mass is 35.5. The predicted molar refractivity (Wildman–Crippen MR) is 114 cm³/mol. The summed E-state index contributed by atoms with van der Waals surface area (Å²) in [6.45, 7) is 0.291. The van der Waals surface area contributed by atoms with Crippen LogP contribution in [0.3, 0.4) is 0 Å². The zero-order chi connectivity index (χ0) is 20.5. The Hall–Kier alpha value is -2.50. The molecule has 0 unspecified atom stereocenters. The van der Waals surface area contributed by atoms with E-state index in [1.807, 2.05) is 18.2 Å². The molecule has 5 nitrogen and oxygen atoms in total. The van der Waals surface area contributed by atoms with Crippen LogP contribution in [0.25, 0.3) is 11.3 Å². The number of rotatable bonds is 5. The molecule has 0 atom stereocenters. The molecule has 0 bridgehead atoms. The van der Waals surface area contributed by atoms with E-state index in [9.17, 15) is 4.79 Å². The van der Waals surface area contributed by atoms with E-state index in [0.717, 1.165) is 54.0 Å².